The lowest BCUT2D eigenvalue weighted by Crippen LogP contribution is -2.49. The van der Waals surface area contributed by atoms with E-state index in [9.17, 15) is 4.79 Å². The summed E-state index contributed by atoms with van der Waals surface area (Å²) < 4.78 is 0. The Bertz CT molecular complexity index is 496. The Hall–Kier alpha value is -1.39. The highest BCUT2D eigenvalue weighted by Crippen LogP contribution is 2.22. The Labute approximate surface area is 140 Å². The van der Waals surface area contributed by atoms with Crippen molar-refractivity contribution in [3.8, 4) is 0 Å². The number of likely N-dealkylation sites (N-methyl/N-ethyl adjacent to an activating group) is 1. The highest BCUT2D eigenvalue weighted by atomic mass is 16.2. The van der Waals surface area contributed by atoms with Crippen LogP contribution in [-0.2, 0) is 16.8 Å². The fraction of sp³-hybridized carbons (Fsp3) is 0.632. The van der Waals surface area contributed by atoms with Gasteiger partial charge in [0.2, 0.25) is 5.91 Å². The zero-order valence-electron chi connectivity index (χ0n) is 15.1. The zero-order chi connectivity index (χ0) is 16.9. The van der Waals surface area contributed by atoms with Crippen molar-refractivity contribution in [3.63, 3.8) is 0 Å². The van der Waals surface area contributed by atoms with Gasteiger partial charge in [-0.1, -0.05) is 45.0 Å². The lowest BCUT2D eigenvalue weighted by Gasteiger charge is -2.34. The van der Waals surface area contributed by atoms with Crippen molar-refractivity contribution >= 4 is 5.91 Å². The fourth-order valence-electron chi connectivity index (χ4n) is 2.93. The maximum absolute atomic E-state index is 11.6. The van der Waals surface area contributed by atoms with E-state index < -0.39 is 0 Å². The molecule has 1 fully saturated rings. The van der Waals surface area contributed by atoms with Crippen LogP contribution >= 0.6 is 0 Å². The third-order valence-corrected chi connectivity index (χ3v) is 4.43. The monoisotopic (exact) mass is 317 g/mol. The molecule has 0 radical (unpaired) electrons. The Kier molecular flexibility index (Phi) is 6.19. The first-order valence-corrected chi connectivity index (χ1v) is 8.69. The van der Waals surface area contributed by atoms with Crippen molar-refractivity contribution in [2.24, 2.45) is 0 Å². The third-order valence-electron chi connectivity index (χ3n) is 4.43. The summed E-state index contributed by atoms with van der Waals surface area (Å²) in [5.74, 6) is 0.138. The van der Waals surface area contributed by atoms with Gasteiger partial charge in [0.05, 0.1) is 6.54 Å². The van der Waals surface area contributed by atoms with Crippen LogP contribution < -0.4 is 5.32 Å². The number of amides is 1. The average Bonchev–Trinajstić information content (AvgIpc) is 2.49. The molecule has 23 heavy (non-hydrogen) atoms. The van der Waals surface area contributed by atoms with Crippen LogP contribution in [0.5, 0.6) is 0 Å². The van der Waals surface area contributed by atoms with Crippen LogP contribution in [0.25, 0.3) is 0 Å². The number of hydrogen-bond acceptors (Lipinski definition) is 3. The molecule has 1 N–H and O–H groups in total. The van der Waals surface area contributed by atoms with E-state index in [1.54, 1.807) is 0 Å². The Morgan fingerprint density at radius 2 is 1.61 bits per heavy atom. The smallest absolute Gasteiger partial charge is 0.234 e. The van der Waals surface area contributed by atoms with E-state index in [2.05, 4.69) is 60.2 Å². The molecule has 1 amide bonds. The van der Waals surface area contributed by atoms with Gasteiger partial charge in [-0.15, -0.1) is 0 Å². The topological polar surface area (TPSA) is 35.6 Å². The zero-order valence-corrected chi connectivity index (χ0v) is 15.1. The van der Waals surface area contributed by atoms with E-state index in [-0.39, 0.29) is 11.3 Å². The van der Waals surface area contributed by atoms with Gasteiger partial charge in [-0.05, 0) is 23.5 Å². The largest absolute Gasteiger partial charge is 0.355 e. The molecule has 128 valence electrons. The normalized spacial score (nSPS) is 17.2. The number of nitrogens with one attached hydrogen (secondary N) is 1. The molecule has 0 atom stereocenters. The van der Waals surface area contributed by atoms with Gasteiger partial charge >= 0.3 is 0 Å². The van der Waals surface area contributed by atoms with E-state index in [0.717, 1.165) is 32.7 Å². The number of piperazine rings is 1. The van der Waals surface area contributed by atoms with Crippen LogP contribution in [0.15, 0.2) is 24.3 Å². The van der Waals surface area contributed by atoms with E-state index in [4.69, 9.17) is 0 Å². The second-order valence-corrected chi connectivity index (χ2v) is 7.45. The van der Waals surface area contributed by atoms with Crippen LogP contribution in [0.1, 0.15) is 38.8 Å². The molecule has 4 nitrogen and oxygen atoms in total. The van der Waals surface area contributed by atoms with Gasteiger partial charge in [-0.2, -0.15) is 0 Å². The molecule has 0 aliphatic carbocycles. The van der Waals surface area contributed by atoms with Crippen LogP contribution in [0, 0.1) is 0 Å². The molecule has 0 unspecified atom stereocenters. The minimum absolute atomic E-state index is 0.138. The van der Waals surface area contributed by atoms with Gasteiger partial charge in [-0.25, -0.2) is 0 Å². The van der Waals surface area contributed by atoms with Crippen molar-refractivity contribution in [1.29, 1.82) is 0 Å². The SMILES string of the molecule is CCNC(=O)CN1CCN(Cc2ccc(C(C)(C)C)cc2)CC1. The van der Waals surface area contributed by atoms with Crippen LogP contribution in [0.2, 0.25) is 0 Å². The van der Waals surface area contributed by atoms with Crippen molar-refractivity contribution in [2.45, 2.75) is 39.7 Å². The van der Waals surface area contributed by atoms with E-state index in [1.165, 1.54) is 11.1 Å². The summed E-state index contributed by atoms with van der Waals surface area (Å²) in [4.78, 5) is 16.3. The molecule has 4 heteroatoms. The Balaban J connectivity index is 1.79. The molecule has 1 aliphatic heterocycles. The minimum Gasteiger partial charge on any atom is -0.355 e. The van der Waals surface area contributed by atoms with Gasteiger partial charge in [0.1, 0.15) is 0 Å². The molecular weight excluding hydrogens is 286 g/mol. The maximum Gasteiger partial charge on any atom is 0.234 e. The highest BCUT2D eigenvalue weighted by Gasteiger charge is 2.19. The number of rotatable bonds is 5. The summed E-state index contributed by atoms with van der Waals surface area (Å²) in [5, 5.41) is 2.87. The van der Waals surface area contributed by atoms with E-state index in [1.807, 2.05) is 6.92 Å². The van der Waals surface area contributed by atoms with Crippen molar-refractivity contribution in [3.05, 3.63) is 35.4 Å². The summed E-state index contributed by atoms with van der Waals surface area (Å²) in [6, 6.07) is 9.00. The molecule has 1 aromatic carbocycles. The molecule has 1 saturated heterocycles. The quantitative estimate of drug-likeness (QED) is 0.905. The third kappa shape index (κ3) is 5.63. The maximum atomic E-state index is 11.6. The van der Waals surface area contributed by atoms with Crippen molar-refractivity contribution in [1.82, 2.24) is 15.1 Å². The first kappa shape index (κ1) is 18.0. The standard InChI is InChI=1S/C19H31N3O/c1-5-20-18(23)15-22-12-10-21(11-13-22)14-16-6-8-17(9-7-16)19(2,3)4/h6-9H,5,10-15H2,1-4H3,(H,20,23). The number of carbonyl (C=O) groups is 1. The van der Waals surface area contributed by atoms with E-state index >= 15 is 0 Å². The number of carbonyl (C=O) groups excluding carboxylic acids is 1. The highest BCUT2D eigenvalue weighted by molar-refractivity contribution is 5.77. The summed E-state index contributed by atoms with van der Waals surface area (Å²) >= 11 is 0. The van der Waals surface area contributed by atoms with Crippen molar-refractivity contribution in [2.75, 3.05) is 39.3 Å². The van der Waals surface area contributed by atoms with Gasteiger partial charge in [0.15, 0.2) is 0 Å². The molecule has 0 aromatic heterocycles. The van der Waals surface area contributed by atoms with Crippen LogP contribution in [0.3, 0.4) is 0 Å². The predicted molar refractivity (Wildman–Crippen MR) is 95.5 cm³/mol. The molecule has 0 saturated carbocycles. The fourth-order valence-corrected chi connectivity index (χ4v) is 2.93. The summed E-state index contributed by atoms with van der Waals surface area (Å²) in [7, 11) is 0. The molecule has 0 bridgehead atoms. The molecule has 0 spiro atoms. The lowest BCUT2D eigenvalue weighted by molar-refractivity contribution is -0.122. The van der Waals surface area contributed by atoms with E-state index in [0.29, 0.717) is 13.1 Å². The lowest BCUT2D eigenvalue weighted by atomic mass is 9.87. The Morgan fingerprint density at radius 3 is 2.13 bits per heavy atom. The Morgan fingerprint density at radius 1 is 1.04 bits per heavy atom. The van der Waals surface area contributed by atoms with Gasteiger partial charge < -0.3 is 5.32 Å². The molecule has 1 aliphatic rings. The van der Waals surface area contributed by atoms with Gasteiger partial charge in [0.25, 0.3) is 0 Å². The summed E-state index contributed by atoms with van der Waals surface area (Å²) in [6.07, 6.45) is 0. The average molecular weight is 317 g/mol. The molecule has 1 heterocycles. The minimum atomic E-state index is 0.138. The van der Waals surface area contributed by atoms with Gasteiger partial charge in [0, 0.05) is 39.3 Å². The second-order valence-electron chi connectivity index (χ2n) is 7.45. The summed E-state index contributed by atoms with van der Waals surface area (Å²) in [5.41, 5.74) is 2.96. The predicted octanol–water partition coefficient (Wildman–Crippen LogP) is 2.24. The number of nitrogens with zero attached hydrogens (tertiary/aromatic N) is 2. The number of hydrogen-bond donors (Lipinski definition) is 1. The van der Waals surface area contributed by atoms with Crippen LogP contribution in [-0.4, -0.2) is 55.0 Å². The van der Waals surface area contributed by atoms with Crippen molar-refractivity contribution < 1.29 is 4.79 Å². The molecule has 1 aromatic rings. The first-order valence-electron chi connectivity index (χ1n) is 8.69. The number of benzene rings is 1. The molecule has 2 rings (SSSR count). The van der Waals surface area contributed by atoms with Gasteiger partial charge in [-0.3, -0.25) is 14.6 Å². The summed E-state index contributed by atoms with van der Waals surface area (Å²) in [6.45, 7) is 14.9. The second kappa shape index (κ2) is 7.93. The van der Waals surface area contributed by atoms with Crippen LogP contribution in [0.4, 0.5) is 0 Å². The first-order chi connectivity index (χ1) is 10.9. The molecular formula is C19H31N3O.